The number of nitrogens with one attached hydrogen (secondary N) is 2. The molecule has 0 saturated heterocycles. The molecule has 0 heterocycles. The van der Waals surface area contributed by atoms with Crippen LogP contribution in [0.2, 0.25) is 0 Å². The smallest absolute Gasteiger partial charge is 0.251 e. The largest absolute Gasteiger partial charge is 0.457 e. The molecule has 132 valence electrons. The monoisotopic (exact) mass is 344 g/mol. The molecule has 2 aromatic rings. The summed E-state index contributed by atoms with van der Waals surface area (Å²) in [5.41, 5.74) is 0.418. The van der Waals surface area contributed by atoms with Crippen LogP contribution in [0.3, 0.4) is 0 Å². The molecule has 6 heteroatoms. The number of benzene rings is 2. The highest BCUT2D eigenvalue weighted by atomic mass is 19.1. The number of rotatable bonds is 7. The van der Waals surface area contributed by atoms with Crippen LogP contribution in [0.25, 0.3) is 0 Å². The maximum Gasteiger partial charge on any atom is 0.251 e. The molecule has 0 aliphatic heterocycles. The van der Waals surface area contributed by atoms with Crippen LogP contribution in [-0.2, 0) is 4.79 Å². The molecule has 2 aromatic carbocycles. The van der Waals surface area contributed by atoms with Crippen LogP contribution in [-0.4, -0.2) is 24.4 Å². The third-order valence-corrected chi connectivity index (χ3v) is 3.46. The van der Waals surface area contributed by atoms with E-state index in [9.17, 15) is 14.0 Å². The summed E-state index contributed by atoms with van der Waals surface area (Å²) < 4.78 is 18.4. The fraction of sp³-hybridized carbons (Fsp3) is 0.263. The van der Waals surface area contributed by atoms with Crippen molar-refractivity contribution in [2.75, 3.05) is 6.54 Å². The summed E-state index contributed by atoms with van der Waals surface area (Å²) in [6, 6.07) is 11.5. The van der Waals surface area contributed by atoms with Gasteiger partial charge in [0.15, 0.2) is 0 Å². The Labute approximate surface area is 146 Å². The lowest BCUT2D eigenvalue weighted by Gasteiger charge is -2.14. The Morgan fingerprint density at radius 3 is 2.16 bits per heavy atom. The van der Waals surface area contributed by atoms with E-state index >= 15 is 0 Å². The number of halogens is 1. The summed E-state index contributed by atoms with van der Waals surface area (Å²) in [6.45, 7) is 4.17. The van der Waals surface area contributed by atoms with Gasteiger partial charge in [-0.3, -0.25) is 9.59 Å². The standard InChI is InChI=1S/C19H21FN2O3/c1-3-12-21-18(23)13(2)22-19(24)14-4-8-16(9-5-14)25-17-10-6-15(20)7-11-17/h4-11,13H,3,12H2,1-2H3,(H,21,23)(H,22,24)/t13-/m0/s1. The quantitative estimate of drug-likeness (QED) is 0.810. The average Bonchev–Trinajstić information content (AvgIpc) is 2.62. The summed E-state index contributed by atoms with van der Waals surface area (Å²) in [5.74, 6) is 0.132. The number of ether oxygens (including phenoxy) is 1. The van der Waals surface area contributed by atoms with Gasteiger partial charge in [0.1, 0.15) is 23.4 Å². The van der Waals surface area contributed by atoms with Gasteiger partial charge < -0.3 is 15.4 Å². The van der Waals surface area contributed by atoms with Gasteiger partial charge in [0.2, 0.25) is 5.91 Å². The van der Waals surface area contributed by atoms with E-state index in [2.05, 4.69) is 10.6 Å². The topological polar surface area (TPSA) is 67.4 Å². The molecule has 0 fully saturated rings. The van der Waals surface area contributed by atoms with Gasteiger partial charge in [0, 0.05) is 12.1 Å². The van der Waals surface area contributed by atoms with Gasteiger partial charge in [-0.05, 0) is 61.9 Å². The zero-order valence-electron chi connectivity index (χ0n) is 14.2. The summed E-state index contributed by atoms with van der Waals surface area (Å²) in [6.07, 6.45) is 0.835. The minimum atomic E-state index is -0.616. The molecule has 0 bridgehead atoms. The van der Waals surface area contributed by atoms with Crippen LogP contribution in [0.4, 0.5) is 4.39 Å². The summed E-state index contributed by atoms with van der Waals surface area (Å²) in [4.78, 5) is 23.9. The molecule has 0 unspecified atom stereocenters. The SMILES string of the molecule is CCCNC(=O)[C@H](C)NC(=O)c1ccc(Oc2ccc(F)cc2)cc1. The van der Waals surface area contributed by atoms with Gasteiger partial charge in [0.05, 0.1) is 0 Å². The third kappa shape index (κ3) is 5.60. The minimum absolute atomic E-state index is 0.216. The van der Waals surface area contributed by atoms with Crippen molar-refractivity contribution in [2.45, 2.75) is 26.3 Å². The lowest BCUT2D eigenvalue weighted by molar-refractivity contribution is -0.122. The van der Waals surface area contributed by atoms with Gasteiger partial charge in [-0.1, -0.05) is 6.92 Å². The zero-order chi connectivity index (χ0) is 18.2. The molecule has 1 atom stereocenters. The van der Waals surface area contributed by atoms with E-state index in [1.807, 2.05) is 6.92 Å². The maximum absolute atomic E-state index is 12.9. The molecule has 5 nitrogen and oxygen atoms in total. The van der Waals surface area contributed by atoms with Crippen LogP contribution in [0.5, 0.6) is 11.5 Å². The van der Waals surface area contributed by atoms with Crippen molar-refractivity contribution < 1.29 is 18.7 Å². The molecule has 2 amide bonds. The van der Waals surface area contributed by atoms with Crippen molar-refractivity contribution in [1.82, 2.24) is 10.6 Å². The van der Waals surface area contributed by atoms with Gasteiger partial charge in [0.25, 0.3) is 5.91 Å². The van der Waals surface area contributed by atoms with Crippen molar-refractivity contribution >= 4 is 11.8 Å². The predicted octanol–water partition coefficient (Wildman–Crippen LogP) is 3.26. The second kappa shape index (κ2) is 8.82. The van der Waals surface area contributed by atoms with E-state index < -0.39 is 6.04 Å². The van der Waals surface area contributed by atoms with Gasteiger partial charge in [-0.15, -0.1) is 0 Å². The number of carbonyl (C=O) groups is 2. The molecule has 2 rings (SSSR count). The lowest BCUT2D eigenvalue weighted by Crippen LogP contribution is -2.44. The van der Waals surface area contributed by atoms with Gasteiger partial charge in [-0.2, -0.15) is 0 Å². The van der Waals surface area contributed by atoms with E-state index in [-0.39, 0.29) is 17.6 Å². The molecular weight excluding hydrogens is 323 g/mol. The van der Waals surface area contributed by atoms with E-state index in [0.29, 0.717) is 23.6 Å². The number of hydrogen-bond acceptors (Lipinski definition) is 3. The fourth-order valence-electron chi connectivity index (χ4n) is 2.06. The summed E-state index contributed by atoms with van der Waals surface area (Å²) in [7, 11) is 0. The Kier molecular flexibility index (Phi) is 6.51. The van der Waals surface area contributed by atoms with Crippen molar-refractivity contribution in [3.05, 3.63) is 59.9 Å². The summed E-state index contributed by atoms with van der Waals surface area (Å²) in [5, 5.41) is 5.38. The Bertz CT molecular complexity index is 714. The van der Waals surface area contributed by atoms with Crippen LogP contribution in [0.1, 0.15) is 30.6 Å². The molecule has 0 spiro atoms. The zero-order valence-corrected chi connectivity index (χ0v) is 14.2. The van der Waals surface area contributed by atoms with E-state index in [4.69, 9.17) is 4.74 Å². The van der Waals surface area contributed by atoms with Crippen molar-refractivity contribution in [2.24, 2.45) is 0 Å². The van der Waals surface area contributed by atoms with E-state index in [1.165, 1.54) is 24.3 Å². The number of carbonyl (C=O) groups excluding carboxylic acids is 2. The maximum atomic E-state index is 12.9. The van der Waals surface area contributed by atoms with Crippen LogP contribution >= 0.6 is 0 Å². The van der Waals surface area contributed by atoms with Crippen molar-refractivity contribution in [1.29, 1.82) is 0 Å². The Hall–Kier alpha value is -2.89. The number of hydrogen-bond donors (Lipinski definition) is 2. The predicted molar refractivity (Wildman–Crippen MR) is 93.1 cm³/mol. The Morgan fingerprint density at radius 2 is 1.60 bits per heavy atom. The van der Waals surface area contributed by atoms with E-state index in [0.717, 1.165) is 6.42 Å². The third-order valence-electron chi connectivity index (χ3n) is 3.46. The van der Waals surface area contributed by atoms with Gasteiger partial charge in [-0.25, -0.2) is 4.39 Å². The first-order chi connectivity index (χ1) is 12.0. The first-order valence-electron chi connectivity index (χ1n) is 8.11. The Balaban J connectivity index is 1.93. The van der Waals surface area contributed by atoms with Crippen LogP contribution in [0, 0.1) is 5.82 Å². The average molecular weight is 344 g/mol. The fourth-order valence-corrected chi connectivity index (χ4v) is 2.06. The number of amides is 2. The highest BCUT2D eigenvalue weighted by Gasteiger charge is 2.16. The molecule has 25 heavy (non-hydrogen) atoms. The molecule has 0 aliphatic carbocycles. The first kappa shape index (κ1) is 18.4. The molecule has 0 aromatic heterocycles. The molecule has 0 aliphatic rings. The second-order valence-corrected chi connectivity index (χ2v) is 5.57. The Morgan fingerprint density at radius 1 is 1.04 bits per heavy atom. The van der Waals surface area contributed by atoms with E-state index in [1.54, 1.807) is 31.2 Å². The molecule has 0 saturated carbocycles. The highest BCUT2D eigenvalue weighted by molar-refractivity contribution is 5.97. The van der Waals surface area contributed by atoms with Crippen molar-refractivity contribution in [3.63, 3.8) is 0 Å². The normalized spacial score (nSPS) is 11.5. The van der Waals surface area contributed by atoms with Crippen LogP contribution in [0.15, 0.2) is 48.5 Å². The van der Waals surface area contributed by atoms with Crippen molar-refractivity contribution in [3.8, 4) is 11.5 Å². The molecular formula is C19H21FN2O3. The highest BCUT2D eigenvalue weighted by Crippen LogP contribution is 2.21. The van der Waals surface area contributed by atoms with Crippen LogP contribution < -0.4 is 15.4 Å². The van der Waals surface area contributed by atoms with Gasteiger partial charge >= 0.3 is 0 Å². The molecule has 0 radical (unpaired) electrons. The minimum Gasteiger partial charge on any atom is -0.457 e. The second-order valence-electron chi connectivity index (χ2n) is 5.57. The molecule has 2 N–H and O–H groups in total. The lowest BCUT2D eigenvalue weighted by atomic mass is 10.2. The first-order valence-corrected chi connectivity index (χ1v) is 8.11. The summed E-state index contributed by atoms with van der Waals surface area (Å²) >= 11 is 0.